The van der Waals surface area contributed by atoms with E-state index in [1.165, 1.54) is 5.01 Å². The van der Waals surface area contributed by atoms with E-state index in [1.54, 1.807) is 25.7 Å². The van der Waals surface area contributed by atoms with Crippen molar-refractivity contribution in [1.29, 1.82) is 0 Å². The number of hydrogen-bond donors (Lipinski definition) is 2. The van der Waals surface area contributed by atoms with E-state index in [2.05, 4.69) is 15.0 Å². The molecule has 9 heteroatoms. The fourth-order valence-electron chi connectivity index (χ4n) is 3.06. The molecule has 0 bridgehead atoms. The minimum atomic E-state index is -2.31. The molecule has 0 amide bonds. The van der Waals surface area contributed by atoms with Crippen LogP contribution in [0.5, 0.6) is 0 Å². The van der Waals surface area contributed by atoms with Crippen molar-refractivity contribution in [1.82, 2.24) is 19.4 Å². The zero-order valence-electron chi connectivity index (χ0n) is 16.2. The number of imidazole rings is 1. The van der Waals surface area contributed by atoms with Gasteiger partial charge >= 0.3 is 0 Å². The lowest BCUT2D eigenvalue weighted by Gasteiger charge is -2.19. The Kier molecular flexibility index (Phi) is 4.82. The van der Waals surface area contributed by atoms with Crippen LogP contribution < -0.4 is 21.9 Å². The summed E-state index contributed by atoms with van der Waals surface area (Å²) >= 11 is 0. The van der Waals surface area contributed by atoms with Crippen LogP contribution in [0.15, 0.2) is 61.2 Å². The maximum atomic E-state index is 12.2. The summed E-state index contributed by atoms with van der Waals surface area (Å²) in [5.74, 6) is 6.91. The summed E-state index contributed by atoms with van der Waals surface area (Å²) in [6, 6.07) is 11.4. The van der Waals surface area contributed by atoms with E-state index in [0.717, 1.165) is 22.1 Å². The van der Waals surface area contributed by atoms with Crippen molar-refractivity contribution in [3.8, 4) is 11.3 Å². The Morgan fingerprint density at radius 2 is 1.86 bits per heavy atom. The summed E-state index contributed by atoms with van der Waals surface area (Å²) in [4.78, 5) is 13.1. The number of hydrazine groups is 1. The lowest BCUT2D eigenvalue weighted by atomic mass is 10.1. The van der Waals surface area contributed by atoms with Crippen LogP contribution in [0.4, 0.5) is 11.6 Å². The van der Waals surface area contributed by atoms with Gasteiger partial charge in [-0.05, 0) is 25.0 Å². The lowest BCUT2D eigenvalue weighted by Crippen LogP contribution is -2.32. The number of benzene rings is 1. The molecule has 4 N–H and O–H groups in total. The molecule has 0 spiro atoms. The Morgan fingerprint density at radius 3 is 2.59 bits per heavy atom. The monoisotopic (exact) mass is 407 g/mol. The number of anilines is 2. The average Bonchev–Trinajstić information content (AvgIpc) is 3.15. The van der Waals surface area contributed by atoms with Gasteiger partial charge < -0.3 is 14.7 Å². The molecule has 0 saturated carbocycles. The molecule has 4 aromatic rings. The molecule has 0 unspecified atom stereocenters. The number of hydrogen-bond acceptors (Lipinski definition) is 7. The van der Waals surface area contributed by atoms with Gasteiger partial charge in [0, 0.05) is 29.5 Å². The quantitative estimate of drug-likeness (QED) is 0.297. The Labute approximate surface area is 168 Å². The third kappa shape index (κ3) is 3.99. The summed E-state index contributed by atoms with van der Waals surface area (Å²) in [6.45, 7) is 3.90. The number of nitrogens with zero attached hydrogens (tertiary/aromatic N) is 5. The predicted molar refractivity (Wildman–Crippen MR) is 117 cm³/mol. The zero-order valence-corrected chi connectivity index (χ0v) is 17.1. The van der Waals surface area contributed by atoms with Crippen LogP contribution in [-0.2, 0) is 11.1 Å². The molecular weight excluding hydrogens is 385 g/mol. The Bertz CT molecular complexity index is 1210. The number of rotatable bonds is 5. The molecule has 1 aromatic carbocycles. The lowest BCUT2D eigenvalue weighted by molar-refractivity contribution is 0.588. The highest BCUT2D eigenvalue weighted by atomic mass is 31.2. The molecular formula is C20H22N7OP. The fourth-order valence-corrected chi connectivity index (χ4v) is 3.93. The van der Waals surface area contributed by atoms with E-state index in [-0.39, 0.29) is 5.82 Å². The minimum absolute atomic E-state index is 0.253. The standard InChI is InChI=1S/C20H22N7OP/c1-29(2,28)16-6-4-15(5-7-16)17-11-24-19(21)20(25-17)27(22)13-14-3-8-18-23-9-10-26(18)12-14/h3-12H,13,22H2,1-2H3,(H2,21,24). The van der Waals surface area contributed by atoms with Gasteiger partial charge in [-0.1, -0.05) is 30.3 Å². The van der Waals surface area contributed by atoms with Crippen molar-refractivity contribution in [3.63, 3.8) is 0 Å². The SMILES string of the molecule is CP(C)(=O)c1ccc(-c2cnc(N)c(N(N)Cc3ccc4nccn4c3)n2)cc1. The summed E-state index contributed by atoms with van der Waals surface area (Å²) < 4.78 is 14.1. The van der Waals surface area contributed by atoms with Gasteiger partial charge in [-0.15, -0.1) is 0 Å². The average molecular weight is 407 g/mol. The Hall–Kier alpha value is -3.22. The van der Waals surface area contributed by atoms with Crippen molar-refractivity contribution in [2.75, 3.05) is 24.1 Å². The van der Waals surface area contributed by atoms with Gasteiger partial charge in [-0.3, -0.25) is 5.01 Å². The van der Waals surface area contributed by atoms with Gasteiger partial charge in [0.2, 0.25) is 0 Å². The molecule has 0 saturated heterocycles. The Morgan fingerprint density at radius 1 is 1.10 bits per heavy atom. The van der Waals surface area contributed by atoms with Gasteiger partial charge in [-0.25, -0.2) is 20.8 Å². The third-order valence-corrected chi connectivity index (χ3v) is 6.18. The molecule has 0 aliphatic rings. The smallest absolute Gasteiger partial charge is 0.186 e. The second-order valence-electron chi connectivity index (χ2n) is 7.22. The first kappa shape index (κ1) is 19.1. The van der Waals surface area contributed by atoms with Crippen molar-refractivity contribution in [3.05, 3.63) is 66.7 Å². The summed E-state index contributed by atoms with van der Waals surface area (Å²) in [5, 5.41) is 2.30. The van der Waals surface area contributed by atoms with Crippen molar-refractivity contribution in [2.45, 2.75) is 6.54 Å². The van der Waals surface area contributed by atoms with Crippen LogP contribution in [0.1, 0.15) is 5.56 Å². The molecule has 0 fully saturated rings. The Balaban J connectivity index is 1.61. The molecule has 3 heterocycles. The normalized spacial score (nSPS) is 11.7. The van der Waals surface area contributed by atoms with E-state index < -0.39 is 7.14 Å². The molecule has 8 nitrogen and oxygen atoms in total. The van der Waals surface area contributed by atoms with Gasteiger partial charge in [0.25, 0.3) is 0 Å². The summed E-state index contributed by atoms with van der Waals surface area (Å²) in [6.07, 6.45) is 7.19. The van der Waals surface area contributed by atoms with Crippen LogP contribution in [-0.4, -0.2) is 32.7 Å². The van der Waals surface area contributed by atoms with E-state index >= 15 is 0 Å². The molecule has 4 rings (SSSR count). The summed E-state index contributed by atoms with van der Waals surface area (Å²) in [5.41, 5.74) is 9.37. The van der Waals surface area contributed by atoms with E-state index in [1.807, 2.05) is 53.2 Å². The highest BCUT2D eigenvalue weighted by Gasteiger charge is 2.14. The topological polar surface area (TPSA) is 115 Å². The predicted octanol–water partition coefficient (Wildman–Crippen LogP) is 2.50. The molecule has 3 aromatic heterocycles. The second kappa shape index (κ2) is 7.31. The maximum absolute atomic E-state index is 12.2. The van der Waals surface area contributed by atoms with Gasteiger partial charge in [-0.2, -0.15) is 0 Å². The van der Waals surface area contributed by atoms with Crippen molar-refractivity contribution in [2.24, 2.45) is 5.84 Å². The first-order valence-corrected chi connectivity index (χ1v) is 11.6. The molecule has 0 aliphatic carbocycles. The van der Waals surface area contributed by atoms with Crippen molar-refractivity contribution < 1.29 is 4.57 Å². The van der Waals surface area contributed by atoms with E-state index in [4.69, 9.17) is 11.6 Å². The highest BCUT2D eigenvalue weighted by Crippen LogP contribution is 2.35. The van der Waals surface area contributed by atoms with Crippen LogP contribution in [0.3, 0.4) is 0 Å². The largest absolute Gasteiger partial charge is 0.381 e. The molecule has 148 valence electrons. The van der Waals surface area contributed by atoms with Crippen LogP contribution in [0.25, 0.3) is 16.9 Å². The number of nitrogens with two attached hydrogens (primary N) is 2. The number of fused-ring (bicyclic) bond motifs is 1. The van der Waals surface area contributed by atoms with Gasteiger partial charge in [0.05, 0.1) is 18.4 Å². The number of nitrogen functional groups attached to an aromatic ring is 1. The molecule has 0 radical (unpaired) electrons. The minimum Gasteiger partial charge on any atom is -0.381 e. The molecule has 29 heavy (non-hydrogen) atoms. The first-order chi connectivity index (χ1) is 13.8. The third-order valence-electron chi connectivity index (χ3n) is 4.64. The second-order valence-corrected chi connectivity index (χ2v) is 10.4. The van der Waals surface area contributed by atoms with Gasteiger partial charge in [0.15, 0.2) is 11.6 Å². The van der Waals surface area contributed by atoms with Crippen LogP contribution >= 0.6 is 7.14 Å². The summed E-state index contributed by atoms with van der Waals surface area (Å²) in [7, 11) is -2.31. The number of aromatic nitrogens is 4. The highest BCUT2D eigenvalue weighted by molar-refractivity contribution is 7.70. The van der Waals surface area contributed by atoms with Gasteiger partial charge in [0.1, 0.15) is 12.8 Å². The molecule has 0 aliphatic heterocycles. The van der Waals surface area contributed by atoms with E-state index in [9.17, 15) is 4.57 Å². The number of pyridine rings is 1. The maximum Gasteiger partial charge on any atom is 0.186 e. The van der Waals surface area contributed by atoms with Crippen LogP contribution in [0, 0.1) is 0 Å². The van der Waals surface area contributed by atoms with Crippen molar-refractivity contribution >= 4 is 29.7 Å². The first-order valence-electron chi connectivity index (χ1n) is 9.03. The van der Waals surface area contributed by atoms with E-state index in [0.29, 0.717) is 18.1 Å². The van der Waals surface area contributed by atoms with Crippen LogP contribution in [0.2, 0.25) is 0 Å². The molecule has 0 atom stereocenters. The fraction of sp³-hybridized carbons (Fsp3) is 0.150. The zero-order chi connectivity index (χ0) is 20.6.